The number of methoxy groups -OCH3 is 1. The largest absolute Gasteiger partial charge is 0.480 e. The van der Waals surface area contributed by atoms with Gasteiger partial charge in [0.2, 0.25) is 5.88 Å². The molecule has 0 saturated heterocycles. The number of halogens is 1. The molecular formula is C16H13BrN2O4. The Morgan fingerprint density at radius 1 is 1.17 bits per heavy atom. The molecule has 6 nitrogen and oxygen atoms in total. The van der Waals surface area contributed by atoms with E-state index in [-0.39, 0.29) is 0 Å². The Morgan fingerprint density at radius 3 is 2.30 bits per heavy atom. The first-order valence-corrected chi connectivity index (χ1v) is 7.66. The van der Waals surface area contributed by atoms with Gasteiger partial charge < -0.3 is 4.74 Å². The molecule has 0 saturated carbocycles. The quantitative estimate of drug-likeness (QED) is 0.766. The lowest BCUT2D eigenvalue weighted by Gasteiger charge is -2.19. The summed E-state index contributed by atoms with van der Waals surface area (Å²) in [5.41, 5.74) is 1.40. The van der Waals surface area contributed by atoms with Crippen LogP contribution in [0.4, 0.5) is 0 Å². The van der Waals surface area contributed by atoms with Crippen molar-refractivity contribution in [3.05, 3.63) is 57.7 Å². The Morgan fingerprint density at radius 2 is 1.78 bits per heavy atom. The first-order chi connectivity index (χ1) is 11.0. The zero-order chi connectivity index (χ0) is 16.6. The van der Waals surface area contributed by atoms with Gasteiger partial charge >= 0.3 is 0 Å². The summed E-state index contributed by atoms with van der Waals surface area (Å²) in [6, 6.07) is 8.40. The molecule has 3 rings (SSSR count). The molecule has 118 valence electrons. The molecule has 1 aromatic carbocycles. The SMILES string of the molecule is COc1ncc(C(C)ON2C(=O)c3ccccc3C2=O)cc1Br. The van der Waals surface area contributed by atoms with Crippen LogP contribution < -0.4 is 4.74 Å². The van der Waals surface area contributed by atoms with Gasteiger partial charge in [-0.25, -0.2) is 4.98 Å². The molecule has 23 heavy (non-hydrogen) atoms. The zero-order valence-corrected chi connectivity index (χ0v) is 14.0. The normalized spacial score (nSPS) is 14.8. The van der Waals surface area contributed by atoms with Crippen molar-refractivity contribution in [2.24, 2.45) is 0 Å². The van der Waals surface area contributed by atoms with Crippen molar-refractivity contribution in [3.8, 4) is 5.88 Å². The third-order valence-corrected chi connectivity index (χ3v) is 4.08. The van der Waals surface area contributed by atoms with Crippen molar-refractivity contribution in [2.45, 2.75) is 13.0 Å². The molecule has 0 bridgehead atoms. The molecular weight excluding hydrogens is 364 g/mol. The summed E-state index contributed by atoms with van der Waals surface area (Å²) in [5.74, 6) is -0.474. The Balaban J connectivity index is 1.81. The average Bonchev–Trinajstić information content (AvgIpc) is 2.80. The van der Waals surface area contributed by atoms with Gasteiger partial charge in [0, 0.05) is 11.8 Å². The fraction of sp³-hybridized carbons (Fsp3) is 0.188. The second kappa shape index (κ2) is 6.10. The number of ether oxygens (including phenoxy) is 1. The lowest BCUT2D eigenvalue weighted by molar-refractivity contribution is -0.128. The highest BCUT2D eigenvalue weighted by Crippen LogP contribution is 2.30. The molecule has 1 aromatic heterocycles. The van der Waals surface area contributed by atoms with E-state index in [0.29, 0.717) is 27.0 Å². The molecule has 0 fully saturated rings. The van der Waals surface area contributed by atoms with Gasteiger partial charge in [0.05, 0.1) is 22.7 Å². The summed E-state index contributed by atoms with van der Waals surface area (Å²) in [7, 11) is 1.52. The van der Waals surface area contributed by atoms with E-state index >= 15 is 0 Å². The minimum atomic E-state index is -0.535. The van der Waals surface area contributed by atoms with E-state index in [4.69, 9.17) is 9.57 Å². The number of pyridine rings is 1. The van der Waals surface area contributed by atoms with Crippen LogP contribution in [-0.4, -0.2) is 29.0 Å². The smallest absolute Gasteiger partial charge is 0.285 e. The van der Waals surface area contributed by atoms with Crippen LogP contribution in [0, 0.1) is 0 Å². The second-order valence-corrected chi connectivity index (χ2v) is 5.81. The molecule has 2 heterocycles. The van der Waals surface area contributed by atoms with Crippen LogP contribution in [0.3, 0.4) is 0 Å². The highest BCUT2D eigenvalue weighted by atomic mass is 79.9. The van der Waals surface area contributed by atoms with E-state index in [0.717, 1.165) is 5.06 Å². The molecule has 1 aliphatic rings. The number of hydroxylamine groups is 2. The van der Waals surface area contributed by atoms with Gasteiger partial charge in [-0.3, -0.25) is 14.4 Å². The maximum Gasteiger partial charge on any atom is 0.285 e. The van der Waals surface area contributed by atoms with Crippen molar-refractivity contribution in [1.29, 1.82) is 0 Å². The molecule has 1 aliphatic heterocycles. The number of aromatic nitrogens is 1. The van der Waals surface area contributed by atoms with E-state index in [2.05, 4.69) is 20.9 Å². The number of benzene rings is 1. The van der Waals surface area contributed by atoms with Gasteiger partial charge in [-0.05, 0) is 41.1 Å². The molecule has 0 aliphatic carbocycles. The average molecular weight is 377 g/mol. The van der Waals surface area contributed by atoms with E-state index in [1.165, 1.54) is 7.11 Å². The Bertz CT molecular complexity index is 758. The molecule has 1 atom stereocenters. The number of carbonyl (C=O) groups excluding carboxylic acids is 2. The summed E-state index contributed by atoms with van der Waals surface area (Å²) in [4.78, 5) is 34.3. The first kappa shape index (κ1) is 15.6. The van der Waals surface area contributed by atoms with Gasteiger partial charge in [0.25, 0.3) is 11.8 Å². The molecule has 0 N–H and O–H groups in total. The molecule has 0 spiro atoms. The van der Waals surface area contributed by atoms with Crippen molar-refractivity contribution < 1.29 is 19.2 Å². The lowest BCUT2D eigenvalue weighted by atomic mass is 10.1. The number of nitrogens with zero attached hydrogens (tertiary/aromatic N) is 2. The molecule has 2 amide bonds. The summed E-state index contributed by atoms with van der Waals surface area (Å²) in [6.45, 7) is 1.74. The summed E-state index contributed by atoms with van der Waals surface area (Å²) in [5, 5.41) is 0.799. The molecule has 0 radical (unpaired) electrons. The highest BCUT2D eigenvalue weighted by molar-refractivity contribution is 9.10. The number of hydrogen-bond acceptors (Lipinski definition) is 5. The van der Waals surface area contributed by atoms with Crippen molar-refractivity contribution in [3.63, 3.8) is 0 Å². The van der Waals surface area contributed by atoms with Gasteiger partial charge in [-0.2, -0.15) is 0 Å². The Labute approximate surface area is 141 Å². The predicted molar refractivity (Wildman–Crippen MR) is 84.9 cm³/mol. The summed E-state index contributed by atoms with van der Waals surface area (Å²) in [6.07, 6.45) is 1.04. The number of amides is 2. The van der Waals surface area contributed by atoms with E-state index in [1.54, 1.807) is 43.5 Å². The fourth-order valence-corrected chi connectivity index (χ4v) is 2.82. The van der Waals surface area contributed by atoms with Crippen molar-refractivity contribution in [2.75, 3.05) is 7.11 Å². The molecule has 2 aromatic rings. The number of fused-ring (bicyclic) bond motifs is 1. The second-order valence-electron chi connectivity index (χ2n) is 4.96. The van der Waals surface area contributed by atoms with E-state index in [1.807, 2.05) is 0 Å². The van der Waals surface area contributed by atoms with Gasteiger partial charge in [0.1, 0.15) is 6.10 Å². The topological polar surface area (TPSA) is 68.7 Å². The van der Waals surface area contributed by atoms with Crippen LogP contribution in [0.25, 0.3) is 0 Å². The van der Waals surface area contributed by atoms with Gasteiger partial charge in [-0.1, -0.05) is 12.1 Å². The van der Waals surface area contributed by atoms with Crippen LogP contribution in [-0.2, 0) is 4.84 Å². The monoisotopic (exact) mass is 376 g/mol. The summed E-state index contributed by atoms with van der Waals surface area (Å²) >= 11 is 3.34. The van der Waals surface area contributed by atoms with Gasteiger partial charge in [0.15, 0.2) is 0 Å². The van der Waals surface area contributed by atoms with Gasteiger partial charge in [-0.15, -0.1) is 5.06 Å². The molecule has 7 heteroatoms. The molecule has 1 unspecified atom stereocenters. The van der Waals surface area contributed by atoms with E-state index in [9.17, 15) is 9.59 Å². The number of hydrogen-bond donors (Lipinski definition) is 0. The zero-order valence-electron chi connectivity index (χ0n) is 12.4. The summed E-state index contributed by atoms with van der Waals surface area (Å²) < 4.78 is 5.73. The van der Waals surface area contributed by atoms with Crippen LogP contribution in [0.5, 0.6) is 5.88 Å². The lowest BCUT2D eigenvalue weighted by Crippen LogP contribution is -2.31. The Kier molecular flexibility index (Phi) is 4.14. The maximum absolute atomic E-state index is 12.3. The van der Waals surface area contributed by atoms with E-state index < -0.39 is 17.9 Å². The van der Waals surface area contributed by atoms with Crippen LogP contribution in [0.15, 0.2) is 41.0 Å². The van der Waals surface area contributed by atoms with Crippen molar-refractivity contribution in [1.82, 2.24) is 10.0 Å². The minimum absolute atomic E-state index is 0.346. The number of rotatable bonds is 4. The number of imide groups is 1. The number of carbonyl (C=O) groups is 2. The van der Waals surface area contributed by atoms with Crippen LogP contribution >= 0.6 is 15.9 Å². The van der Waals surface area contributed by atoms with Crippen LogP contribution in [0.1, 0.15) is 39.3 Å². The Hall–Kier alpha value is -2.25. The van der Waals surface area contributed by atoms with Crippen molar-refractivity contribution >= 4 is 27.7 Å². The first-order valence-electron chi connectivity index (χ1n) is 6.87. The highest BCUT2D eigenvalue weighted by Gasteiger charge is 2.37. The maximum atomic E-state index is 12.3. The third-order valence-electron chi connectivity index (χ3n) is 3.51. The van der Waals surface area contributed by atoms with Crippen LogP contribution in [0.2, 0.25) is 0 Å². The third kappa shape index (κ3) is 2.73. The predicted octanol–water partition coefficient (Wildman–Crippen LogP) is 3.14. The fourth-order valence-electron chi connectivity index (χ4n) is 2.29. The minimum Gasteiger partial charge on any atom is -0.480 e. The standard InChI is InChI=1S/C16H13BrN2O4/c1-9(10-7-13(17)14(22-2)18-8-10)23-19-15(20)11-5-3-4-6-12(11)16(19)21/h3-9H,1-2H3.